The minimum atomic E-state index is -0.0288. The zero-order chi connectivity index (χ0) is 17.9. The van der Waals surface area contributed by atoms with Crippen LogP contribution in [-0.2, 0) is 5.41 Å². The Kier molecular flexibility index (Phi) is 5.71. The molecule has 1 aliphatic heterocycles. The molecular formula is C19H28N4OS. The highest BCUT2D eigenvalue weighted by Gasteiger charge is 2.29. The lowest BCUT2D eigenvalue weighted by Crippen LogP contribution is -2.41. The molecule has 6 heteroatoms. The van der Waals surface area contributed by atoms with Gasteiger partial charge >= 0.3 is 0 Å². The molecule has 1 saturated heterocycles. The minimum Gasteiger partial charge on any atom is -0.490 e. The van der Waals surface area contributed by atoms with E-state index in [0.29, 0.717) is 12.6 Å². The van der Waals surface area contributed by atoms with Crippen LogP contribution in [0.4, 0.5) is 0 Å². The van der Waals surface area contributed by atoms with Crippen LogP contribution in [0.1, 0.15) is 50.2 Å². The molecule has 0 unspecified atom stereocenters. The van der Waals surface area contributed by atoms with Gasteiger partial charge in [-0.15, -0.1) is 11.3 Å². The molecule has 1 fully saturated rings. The summed E-state index contributed by atoms with van der Waals surface area (Å²) in [6.07, 6.45) is 7.91. The Labute approximate surface area is 154 Å². The standard InChI is InChI=1S/C19H28N4OS/c1-19(2,3)14-9-16(11-21-10-14)24-13-15(20)12-23-7-4-5-17(23)18-22-6-8-25-18/h6,8-11,15,17H,4-5,7,12-13,20H2,1-3H3/t15-,17-/m0/s1. The van der Waals surface area contributed by atoms with E-state index < -0.39 is 0 Å². The molecule has 0 radical (unpaired) electrons. The fourth-order valence-corrected chi connectivity index (χ4v) is 4.00. The first-order valence-electron chi connectivity index (χ1n) is 8.91. The molecule has 2 aromatic rings. The molecule has 0 spiro atoms. The van der Waals surface area contributed by atoms with Gasteiger partial charge < -0.3 is 10.5 Å². The van der Waals surface area contributed by atoms with E-state index in [1.54, 1.807) is 17.5 Å². The molecule has 0 saturated carbocycles. The predicted octanol–water partition coefficient (Wildman–Crippen LogP) is 3.38. The Morgan fingerprint density at radius 2 is 2.24 bits per heavy atom. The van der Waals surface area contributed by atoms with Gasteiger partial charge in [-0.3, -0.25) is 9.88 Å². The van der Waals surface area contributed by atoms with E-state index in [0.717, 1.165) is 18.8 Å². The first-order valence-corrected chi connectivity index (χ1v) is 9.79. The minimum absolute atomic E-state index is 0.0288. The summed E-state index contributed by atoms with van der Waals surface area (Å²) in [5, 5.41) is 3.25. The third-order valence-corrected chi connectivity index (χ3v) is 5.49. The number of nitrogens with two attached hydrogens (primary N) is 1. The molecule has 3 heterocycles. The molecule has 136 valence electrons. The fourth-order valence-electron chi connectivity index (χ4n) is 3.19. The molecule has 5 nitrogen and oxygen atoms in total. The van der Waals surface area contributed by atoms with Gasteiger partial charge in [0.05, 0.1) is 18.3 Å². The maximum Gasteiger partial charge on any atom is 0.137 e. The molecule has 2 N–H and O–H groups in total. The molecule has 2 atom stereocenters. The van der Waals surface area contributed by atoms with E-state index >= 15 is 0 Å². The van der Waals surface area contributed by atoms with Crippen molar-refractivity contribution >= 4 is 11.3 Å². The molecule has 0 aliphatic carbocycles. The van der Waals surface area contributed by atoms with Gasteiger partial charge in [-0.05, 0) is 36.4 Å². The second-order valence-electron chi connectivity index (χ2n) is 7.75. The smallest absolute Gasteiger partial charge is 0.137 e. The number of nitrogens with zero attached hydrogens (tertiary/aromatic N) is 3. The van der Waals surface area contributed by atoms with Crippen LogP contribution >= 0.6 is 11.3 Å². The summed E-state index contributed by atoms with van der Waals surface area (Å²) < 4.78 is 5.91. The maximum absolute atomic E-state index is 6.34. The van der Waals surface area contributed by atoms with Gasteiger partial charge in [0.25, 0.3) is 0 Å². The molecule has 0 amide bonds. The van der Waals surface area contributed by atoms with Crippen LogP contribution < -0.4 is 10.5 Å². The lowest BCUT2D eigenvalue weighted by molar-refractivity contribution is 0.201. The first kappa shape index (κ1) is 18.3. The molecule has 3 rings (SSSR count). The predicted molar refractivity (Wildman–Crippen MR) is 102 cm³/mol. The van der Waals surface area contributed by atoms with Crippen LogP contribution in [0.5, 0.6) is 5.75 Å². The van der Waals surface area contributed by atoms with Crippen molar-refractivity contribution in [2.75, 3.05) is 19.7 Å². The number of hydrogen-bond donors (Lipinski definition) is 1. The fraction of sp³-hybridized carbons (Fsp3) is 0.579. The number of likely N-dealkylation sites (tertiary alicyclic amines) is 1. The van der Waals surface area contributed by atoms with Crippen molar-refractivity contribution in [1.29, 1.82) is 0 Å². The lowest BCUT2D eigenvalue weighted by atomic mass is 9.88. The number of rotatable bonds is 6. The van der Waals surface area contributed by atoms with Crippen molar-refractivity contribution < 1.29 is 4.74 Å². The Balaban J connectivity index is 1.54. The van der Waals surface area contributed by atoms with Gasteiger partial charge in [0.15, 0.2) is 0 Å². The van der Waals surface area contributed by atoms with Crippen LogP contribution in [0.2, 0.25) is 0 Å². The highest BCUT2D eigenvalue weighted by Crippen LogP contribution is 2.32. The van der Waals surface area contributed by atoms with Crippen molar-refractivity contribution in [3.05, 3.63) is 40.6 Å². The summed E-state index contributed by atoms with van der Waals surface area (Å²) in [7, 11) is 0. The Morgan fingerprint density at radius 3 is 2.96 bits per heavy atom. The summed E-state index contributed by atoms with van der Waals surface area (Å²) in [6, 6.07) is 2.45. The van der Waals surface area contributed by atoms with Crippen LogP contribution in [0, 0.1) is 0 Å². The van der Waals surface area contributed by atoms with Gasteiger partial charge in [-0.1, -0.05) is 20.8 Å². The van der Waals surface area contributed by atoms with Gasteiger partial charge in [-0.2, -0.15) is 0 Å². The second-order valence-corrected chi connectivity index (χ2v) is 8.68. The normalized spacial score (nSPS) is 19.9. The van der Waals surface area contributed by atoms with Gasteiger partial charge in [0.2, 0.25) is 0 Å². The first-order chi connectivity index (χ1) is 11.9. The van der Waals surface area contributed by atoms with Crippen molar-refractivity contribution in [2.45, 2.75) is 51.1 Å². The molecule has 2 aromatic heterocycles. The third kappa shape index (κ3) is 4.77. The summed E-state index contributed by atoms with van der Waals surface area (Å²) in [6.45, 7) is 8.93. The van der Waals surface area contributed by atoms with Crippen LogP contribution in [0.15, 0.2) is 30.0 Å². The molecule has 25 heavy (non-hydrogen) atoms. The van der Waals surface area contributed by atoms with Crippen LogP contribution in [0.25, 0.3) is 0 Å². The van der Waals surface area contributed by atoms with E-state index in [4.69, 9.17) is 10.5 Å². The third-order valence-electron chi connectivity index (χ3n) is 4.61. The summed E-state index contributed by atoms with van der Waals surface area (Å²) in [5.74, 6) is 0.792. The molecule has 1 aliphatic rings. The SMILES string of the molecule is CC(C)(C)c1cncc(OC[C@@H](N)CN2CCC[C@H]2c2nccs2)c1. The second kappa shape index (κ2) is 7.81. The Bertz CT molecular complexity index is 668. The highest BCUT2D eigenvalue weighted by molar-refractivity contribution is 7.09. The van der Waals surface area contributed by atoms with Crippen molar-refractivity contribution in [3.8, 4) is 5.75 Å². The summed E-state index contributed by atoms with van der Waals surface area (Å²) in [4.78, 5) is 11.2. The monoisotopic (exact) mass is 360 g/mol. The number of aromatic nitrogens is 2. The largest absolute Gasteiger partial charge is 0.490 e. The molecule has 0 bridgehead atoms. The molecular weight excluding hydrogens is 332 g/mol. The van der Waals surface area contributed by atoms with Crippen LogP contribution in [0.3, 0.4) is 0 Å². The van der Waals surface area contributed by atoms with Gasteiger partial charge in [0, 0.05) is 24.3 Å². The van der Waals surface area contributed by atoms with Crippen molar-refractivity contribution in [3.63, 3.8) is 0 Å². The van der Waals surface area contributed by atoms with Crippen molar-refractivity contribution in [1.82, 2.24) is 14.9 Å². The Morgan fingerprint density at radius 1 is 1.40 bits per heavy atom. The van der Waals surface area contributed by atoms with E-state index in [2.05, 4.69) is 41.7 Å². The van der Waals surface area contributed by atoms with Crippen molar-refractivity contribution in [2.24, 2.45) is 5.73 Å². The average Bonchev–Trinajstić information content (AvgIpc) is 3.23. The molecule has 0 aromatic carbocycles. The number of hydrogen-bond acceptors (Lipinski definition) is 6. The average molecular weight is 361 g/mol. The maximum atomic E-state index is 6.34. The van der Waals surface area contributed by atoms with E-state index in [9.17, 15) is 0 Å². The summed E-state index contributed by atoms with van der Waals surface area (Å²) in [5.41, 5.74) is 7.57. The van der Waals surface area contributed by atoms with Gasteiger partial charge in [-0.25, -0.2) is 4.98 Å². The quantitative estimate of drug-likeness (QED) is 0.855. The highest BCUT2D eigenvalue weighted by atomic mass is 32.1. The number of thiazole rings is 1. The zero-order valence-electron chi connectivity index (χ0n) is 15.3. The van der Waals surface area contributed by atoms with E-state index in [-0.39, 0.29) is 11.5 Å². The summed E-state index contributed by atoms with van der Waals surface area (Å²) >= 11 is 1.73. The number of ether oxygens (including phenoxy) is 1. The van der Waals surface area contributed by atoms with Crippen LogP contribution in [-0.4, -0.2) is 40.6 Å². The Hall–Kier alpha value is -1.50. The topological polar surface area (TPSA) is 64.3 Å². The zero-order valence-corrected chi connectivity index (χ0v) is 16.1. The van der Waals surface area contributed by atoms with Gasteiger partial charge in [0.1, 0.15) is 17.4 Å². The van der Waals surface area contributed by atoms with E-state index in [1.165, 1.54) is 23.4 Å². The van der Waals surface area contributed by atoms with E-state index in [1.807, 2.05) is 17.8 Å². The lowest BCUT2D eigenvalue weighted by Gasteiger charge is -2.26. The number of pyridine rings is 1.